The number of nitrogens with one attached hydrogen (secondary N) is 2. The molecule has 26 heavy (non-hydrogen) atoms. The quantitative estimate of drug-likeness (QED) is 0.355. The molecule has 1 saturated heterocycles. The number of rotatable bonds is 6. The standard InChI is InChI=1S/C17H25ClF2N4O.HI/c1-21-17(22-10-12-5-7-24(2)8-6-12)23-11-13-9-14(18)3-4-15(13)25-16(19)20;/h3-4,9,12,16H,5-8,10-11H2,1-2H3,(H2,21,22,23);1H. The van der Waals surface area contributed by atoms with Crippen LogP contribution in [0.2, 0.25) is 5.02 Å². The summed E-state index contributed by atoms with van der Waals surface area (Å²) >= 11 is 5.96. The molecule has 0 radical (unpaired) electrons. The Balaban J connectivity index is 0.00000338. The van der Waals surface area contributed by atoms with Crippen LogP contribution in [0.25, 0.3) is 0 Å². The lowest BCUT2D eigenvalue weighted by atomic mass is 9.97. The van der Waals surface area contributed by atoms with E-state index in [0.29, 0.717) is 22.5 Å². The predicted octanol–water partition coefficient (Wildman–Crippen LogP) is 3.57. The van der Waals surface area contributed by atoms with Gasteiger partial charge in [-0.15, -0.1) is 24.0 Å². The van der Waals surface area contributed by atoms with Gasteiger partial charge in [0.25, 0.3) is 0 Å². The van der Waals surface area contributed by atoms with E-state index in [4.69, 9.17) is 11.6 Å². The van der Waals surface area contributed by atoms with Crippen LogP contribution >= 0.6 is 35.6 Å². The highest BCUT2D eigenvalue weighted by atomic mass is 127. The number of halogens is 4. The fourth-order valence-electron chi connectivity index (χ4n) is 2.80. The monoisotopic (exact) mass is 502 g/mol. The number of likely N-dealkylation sites (tertiary alicyclic amines) is 1. The molecule has 1 aliphatic rings. The minimum Gasteiger partial charge on any atom is -0.434 e. The van der Waals surface area contributed by atoms with E-state index in [1.54, 1.807) is 13.1 Å². The second-order valence-electron chi connectivity index (χ2n) is 6.18. The summed E-state index contributed by atoms with van der Waals surface area (Å²) in [4.78, 5) is 6.50. The van der Waals surface area contributed by atoms with E-state index < -0.39 is 6.61 Å². The van der Waals surface area contributed by atoms with Crippen LogP contribution < -0.4 is 15.4 Å². The fourth-order valence-corrected chi connectivity index (χ4v) is 3.00. The smallest absolute Gasteiger partial charge is 0.387 e. The highest BCUT2D eigenvalue weighted by molar-refractivity contribution is 14.0. The highest BCUT2D eigenvalue weighted by Crippen LogP contribution is 2.24. The van der Waals surface area contributed by atoms with Crippen molar-refractivity contribution in [3.05, 3.63) is 28.8 Å². The molecule has 0 aromatic heterocycles. The Morgan fingerprint density at radius 2 is 2.04 bits per heavy atom. The van der Waals surface area contributed by atoms with E-state index in [1.165, 1.54) is 12.1 Å². The highest BCUT2D eigenvalue weighted by Gasteiger charge is 2.17. The molecule has 2 N–H and O–H groups in total. The summed E-state index contributed by atoms with van der Waals surface area (Å²) in [6.07, 6.45) is 2.31. The molecule has 0 unspecified atom stereocenters. The van der Waals surface area contributed by atoms with Gasteiger partial charge in [-0.25, -0.2) is 0 Å². The summed E-state index contributed by atoms with van der Waals surface area (Å²) in [6.45, 7) is 0.464. The number of piperidine rings is 1. The summed E-state index contributed by atoms with van der Waals surface area (Å²) in [6, 6.07) is 4.58. The number of alkyl halides is 2. The first kappa shape index (κ1) is 23.2. The van der Waals surface area contributed by atoms with E-state index in [0.717, 1.165) is 32.5 Å². The number of ether oxygens (including phenoxy) is 1. The van der Waals surface area contributed by atoms with Gasteiger partial charge in [0.2, 0.25) is 0 Å². The van der Waals surface area contributed by atoms with Gasteiger partial charge in [-0.05, 0) is 57.1 Å². The Bertz CT molecular complexity index is 584. The molecule has 0 aliphatic carbocycles. The molecule has 1 heterocycles. The molecular weight excluding hydrogens is 477 g/mol. The third-order valence-electron chi connectivity index (χ3n) is 4.30. The van der Waals surface area contributed by atoms with E-state index in [2.05, 4.69) is 32.3 Å². The van der Waals surface area contributed by atoms with Gasteiger partial charge in [-0.1, -0.05) is 11.6 Å². The minimum absolute atomic E-state index is 0. The molecule has 1 aliphatic heterocycles. The van der Waals surface area contributed by atoms with Crippen LogP contribution in [0.3, 0.4) is 0 Å². The number of hydrogen-bond donors (Lipinski definition) is 2. The average molecular weight is 503 g/mol. The molecule has 1 aromatic carbocycles. The van der Waals surface area contributed by atoms with E-state index >= 15 is 0 Å². The van der Waals surface area contributed by atoms with Crippen molar-refractivity contribution in [3.63, 3.8) is 0 Å². The first-order valence-electron chi connectivity index (χ1n) is 8.34. The first-order chi connectivity index (χ1) is 12.0. The number of benzene rings is 1. The molecule has 0 atom stereocenters. The van der Waals surface area contributed by atoms with Crippen molar-refractivity contribution in [1.82, 2.24) is 15.5 Å². The van der Waals surface area contributed by atoms with Crippen molar-refractivity contribution in [2.75, 3.05) is 33.7 Å². The van der Waals surface area contributed by atoms with Crippen molar-refractivity contribution in [2.24, 2.45) is 10.9 Å². The molecule has 1 aromatic rings. The maximum absolute atomic E-state index is 12.5. The van der Waals surface area contributed by atoms with Gasteiger partial charge in [0.05, 0.1) is 0 Å². The van der Waals surface area contributed by atoms with Gasteiger partial charge < -0.3 is 20.3 Å². The maximum Gasteiger partial charge on any atom is 0.387 e. The molecule has 1 fully saturated rings. The fraction of sp³-hybridized carbons (Fsp3) is 0.588. The Kier molecular flexibility index (Phi) is 10.5. The largest absolute Gasteiger partial charge is 0.434 e. The zero-order valence-electron chi connectivity index (χ0n) is 15.0. The molecule has 9 heteroatoms. The normalized spacial score (nSPS) is 16.3. The van der Waals surface area contributed by atoms with Crippen LogP contribution in [0, 0.1) is 5.92 Å². The zero-order chi connectivity index (χ0) is 18.2. The third-order valence-corrected chi connectivity index (χ3v) is 4.54. The molecule has 0 amide bonds. The number of guanidine groups is 1. The lowest BCUT2D eigenvalue weighted by molar-refractivity contribution is -0.0504. The van der Waals surface area contributed by atoms with Crippen molar-refractivity contribution >= 4 is 41.5 Å². The summed E-state index contributed by atoms with van der Waals surface area (Å²) in [5.74, 6) is 1.35. The summed E-state index contributed by atoms with van der Waals surface area (Å²) in [5, 5.41) is 6.88. The lowest BCUT2D eigenvalue weighted by Gasteiger charge is -2.29. The van der Waals surface area contributed by atoms with Crippen molar-refractivity contribution in [1.29, 1.82) is 0 Å². The minimum atomic E-state index is -2.87. The number of nitrogens with zero attached hydrogens (tertiary/aromatic N) is 2. The van der Waals surface area contributed by atoms with Crippen LogP contribution in [-0.2, 0) is 6.54 Å². The number of hydrogen-bond acceptors (Lipinski definition) is 3. The molecule has 0 bridgehead atoms. The SMILES string of the molecule is CN=C(NCc1cc(Cl)ccc1OC(F)F)NCC1CCN(C)CC1.I. The van der Waals surface area contributed by atoms with Crippen LogP contribution in [0.4, 0.5) is 8.78 Å². The Morgan fingerprint density at radius 3 is 2.65 bits per heavy atom. The van der Waals surface area contributed by atoms with Gasteiger partial charge >= 0.3 is 6.61 Å². The molecular formula is C17H26ClF2IN4O. The van der Waals surface area contributed by atoms with Gasteiger partial charge in [0.15, 0.2) is 5.96 Å². The molecule has 5 nitrogen and oxygen atoms in total. The van der Waals surface area contributed by atoms with E-state index in [-0.39, 0.29) is 36.3 Å². The van der Waals surface area contributed by atoms with E-state index in [9.17, 15) is 8.78 Å². The van der Waals surface area contributed by atoms with Gasteiger partial charge in [0.1, 0.15) is 5.75 Å². The molecule has 2 rings (SSSR count). The van der Waals surface area contributed by atoms with Crippen LogP contribution in [0.5, 0.6) is 5.75 Å². The summed E-state index contributed by atoms with van der Waals surface area (Å²) in [5.41, 5.74) is 0.551. The zero-order valence-corrected chi connectivity index (χ0v) is 18.1. The summed E-state index contributed by atoms with van der Waals surface area (Å²) < 4.78 is 29.5. The Hall–Kier alpha value is -0.870. The van der Waals surface area contributed by atoms with Crippen LogP contribution in [-0.4, -0.2) is 51.2 Å². The van der Waals surface area contributed by atoms with Crippen molar-refractivity contribution in [2.45, 2.75) is 26.0 Å². The first-order valence-corrected chi connectivity index (χ1v) is 8.72. The van der Waals surface area contributed by atoms with E-state index in [1.807, 2.05) is 0 Å². The topological polar surface area (TPSA) is 48.9 Å². The van der Waals surface area contributed by atoms with Gasteiger partial charge in [-0.2, -0.15) is 8.78 Å². The average Bonchev–Trinajstić information content (AvgIpc) is 2.58. The van der Waals surface area contributed by atoms with Crippen LogP contribution in [0.15, 0.2) is 23.2 Å². The maximum atomic E-state index is 12.5. The lowest BCUT2D eigenvalue weighted by Crippen LogP contribution is -2.42. The van der Waals surface area contributed by atoms with Crippen molar-refractivity contribution < 1.29 is 13.5 Å². The second kappa shape index (κ2) is 11.8. The Morgan fingerprint density at radius 1 is 1.35 bits per heavy atom. The molecule has 0 spiro atoms. The van der Waals surface area contributed by atoms with Gasteiger partial charge in [-0.3, -0.25) is 4.99 Å². The number of aliphatic imine (C=N–C) groups is 1. The molecule has 148 valence electrons. The third kappa shape index (κ3) is 7.79. The molecule has 0 saturated carbocycles. The Labute approximate surface area is 175 Å². The van der Waals surface area contributed by atoms with Crippen molar-refractivity contribution in [3.8, 4) is 5.75 Å². The van der Waals surface area contributed by atoms with Crippen LogP contribution in [0.1, 0.15) is 18.4 Å². The predicted molar refractivity (Wildman–Crippen MR) is 112 cm³/mol. The second-order valence-corrected chi connectivity index (χ2v) is 6.62. The summed E-state index contributed by atoms with van der Waals surface area (Å²) in [7, 11) is 3.81. The van der Waals surface area contributed by atoms with Gasteiger partial charge in [0, 0.05) is 30.7 Å².